The molecular weight excluding hydrogens is 249 g/mol. The molecule has 0 aromatic carbocycles. The molecule has 0 aromatic rings. The zero-order chi connectivity index (χ0) is 10.0. The molecule has 0 fully saturated rings. The number of hydrogen-bond donors (Lipinski definition) is 0. The first-order chi connectivity index (χ1) is 6.06. The summed E-state index contributed by atoms with van der Waals surface area (Å²) in [5.41, 5.74) is 2.61. The topological polar surface area (TPSA) is 6.48 Å². The van der Waals surface area contributed by atoms with Crippen LogP contribution in [-0.4, -0.2) is 24.1 Å². The van der Waals surface area contributed by atoms with Crippen molar-refractivity contribution in [2.75, 3.05) is 14.1 Å². The molecule has 2 nitrogen and oxygen atoms in total. The average Bonchev–Trinajstić information content (AvgIpc) is 2.08. The number of hydrogen-bond acceptors (Lipinski definition) is 2. The van der Waals surface area contributed by atoms with Crippen LogP contribution in [0.1, 0.15) is 6.92 Å². The molecule has 0 aromatic heterocycles. The van der Waals surface area contributed by atoms with Crippen molar-refractivity contribution >= 4 is 0 Å². The van der Waals surface area contributed by atoms with E-state index in [1.807, 2.05) is 37.1 Å². The van der Waals surface area contributed by atoms with Gasteiger partial charge in [-0.15, -0.1) is 24.7 Å². The fourth-order valence-corrected chi connectivity index (χ4v) is 1.15. The Hall–Kier alpha value is -0.356. The van der Waals surface area contributed by atoms with Gasteiger partial charge in [0.1, 0.15) is 0 Å². The molecule has 3 heteroatoms. The minimum atomic E-state index is 0. The fraction of sp³-hybridized carbons (Fsp3) is 0.273. The van der Waals surface area contributed by atoms with Crippen LogP contribution in [0.25, 0.3) is 0 Å². The van der Waals surface area contributed by atoms with Crippen LogP contribution in [0.3, 0.4) is 0 Å². The Bertz CT molecular complexity index is 332. The second-order valence-electron chi connectivity index (χ2n) is 3.10. The van der Waals surface area contributed by atoms with E-state index < -0.39 is 0 Å². The van der Waals surface area contributed by atoms with Crippen LogP contribution in [0.2, 0.25) is 0 Å². The minimum Gasteiger partial charge on any atom is -0.389 e. The Morgan fingerprint density at radius 2 is 2.14 bits per heavy atom. The summed E-state index contributed by atoms with van der Waals surface area (Å²) in [5, 5.41) is 3.70. The molecule has 0 saturated heterocycles. The summed E-state index contributed by atoms with van der Waals surface area (Å²) in [4.78, 5) is 0. The summed E-state index contributed by atoms with van der Waals surface area (Å²) >= 11 is 0. The third-order valence-corrected chi connectivity index (χ3v) is 1.77. The quantitative estimate of drug-likeness (QED) is 0.522. The van der Waals surface area contributed by atoms with Gasteiger partial charge in [0.05, 0.1) is 0 Å². The van der Waals surface area contributed by atoms with Crippen molar-refractivity contribution in [1.82, 2.24) is 10.0 Å². The molecule has 1 aliphatic heterocycles. The van der Waals surface area contributed by atoms with Crippen LogP contribution >= 0.6 is 0 Å². The maximum absolute atomic E-state index is 5.35. The molecule has 1 radical (unpaired) electrons. The minimum absolute atomic E-state index is 0. The van der Waals surface area contributed by atoms with E-state index in [-0.39, 0.29) is 32.7 Å². The fourth-order valence-electron chi connectivity index (χ4n) is 1.15. The van der Waals surface area contributed by atoms with Gasteiger partial charge in [0.15, 0.2) is 0 Å². The first-order valence-electron chi connectivity index (χ1n) is 4.01. The van der Waals surface area contributed by atoms with Crippen molar-refractivity contribution < 1.29 is 32.7 Å². The van der Waals surface area contributed by atoms with Gasteiger partial charge >= 0.3 is 0 Å². The summed E-state index contributed by atoms with van der Waals surface area (Å²) in [6.45, 7) is 5.86. The molecule has 0 saturated carbocycles. The van der Waals surface area contributed by atoms with E-state index in [2.05, 4.69) is 18.7 Å². The molecular formula is C11H13N2Y-. The SMILES string of the molecule is C#CC1=CC(C)=[C-]N(N(C)C)C1=C.[Y]. The van der Waals surface area contributed by atoms with Crippen LogP contribution in [0.15, 0.2) is 29.5 Å². The molecule has 1 rings (SSSR count). The maximum Gasteiger partial charge on any atom is 0.00456 e. The van der Waals surface area contributed by atoms with Gasteiger partial charge in [0.2, 0.25) is 0 Å². The predicted molar refractivity (Wildman–Crippen MR) is 54.0 cm³/mol. The number of rotatable bonds is 1. The smallest absolute Gasteiger partial charge is 0.00456 e. The van der Waals surface area contributed by atoms with Crippen molar-refractivity contribution in [3.8, 4) is 12.3 Å². The van der Waals surface area contributed by atoms with Gasteiger partial charge in [0, 0.05) is 46.8 Å². The molecule has 1 aliphatic rings. The van der Waals surface area contributed by atoms with E-state index in [4.69, 9.17) is 6.42 Å². The van der Waals surface area contributed by atoms with Gasteiger partial charge in [-0.05, 0) is 5.70 Å². The van der Waals surface area contributed by atoms with Gasteiger partial charge in [-0.25, -0.2) is 5.01 Å². The van der Waals surface area contributed by atoms with Gasteiger partial charge in [-0.3, -0.25) is 0 Å². The van der Waals surface area contributed by atoms with Crippen LogP contribution in [0.4, 0.5) is 0 Å². The third-order valence-electron chi connectivity index (χ3n) is 1.77. The van der Waals surface area contributed by atoms with E-state index in [9.17, 15) is 0 Å². The summed E-state index contributed by atoms with van der Waals surface area (Å²) < 4.78 is 0. The number of nitrogens with zero attached hydrogens (tertiary/aromatic N) is 2. The van der Waals surface area contributed by atoms with E-state index in [1.165, 1.54) is 0 Å². The van der Waals surface area contributed by atoms with Crippen LogP contribution in [0, 0.1) is 18.5 Å². The summed E-state index contributed by atoms with van der Waals surface area (Å²) in [5.74, 6) is 2.60. The van der Waals surface area contributed by atoms with Crippen LogP contribution in [0.5, 0.6) is 0 Å². The van der Waals surface area contributed by atoms with E-state index in [0.717, 1.165) is 16.8 Å². The van der Waals surface area contributed by atoms with Crippen molar-refractivity contribution in [3.63, 3.8) is 0 Å². The predicted octanol–water partition coefficient (Wildman–Crippen LogP) is 1.56. The van der Waals surface area contributed by atoms with Crippen LogP contribution in [-0.2, 0) is 32.7 Å². The van der Waals surface area contributed by atoms with Crippen molar-refractivity contribution in [2.24, 2.45) is 0 Å². The molecule has 0 bridgehead atoms. The second kappa shape index (κ2) is 5.51. The standard InChI is InChI=1S/C11H13N2.Y/c1-6-11-7-9(2)8-13(10(11)3)12(4)5;/h1,7H,3H2,2,4-5H3;/q-1;. The van der Waals surface area contributed by atoms with E-state index in [1.54, 1.807) is 0 Å². The third kappa shape index (κ3) is 2.82. The van der Waals surface area contributed by atoms with Crippen molar-refractivity contribution in [3.05, 3.63) is 35.7 Å². The Morgan fingerprint density at radius 3 is 2.57 bits per heavy atom. The van der Waals surface area contributed by atoms with Gasteiger partial charge in [0.25, 0.3) is 0 Å². The Kier molecular flexibility index (Phi) is 5.37. The Morgan fingerprint density at radius 1 is 1.57 bits per heavy atom. The van der Waals surface area contributed by atoms with Gasteiger partial charge in [-0.1, -0.05) is 24.6 Å². The normalized spacial score (nSPS) is 15.6. The zero-order valence-electron chi connectivity index (χ0n) is 8.83. The van der Waals surface area contributed by atoms with Gasteiger partial charge < -0.3 is 5.01 Å². The zero-order valence-corrected chi connectivity index (χ0v) is 11.7. The summed E-state index contributed by atoms with van der Waals surface area (Å²) in [6, 6.07) is 0. The Labute approximate surface area is 111 Å². The van der Waals surface area contributed by atoms with Crippen molar-refractivity contribution in [1.29, 1.82) is 0 Å². The van der Waals surface area contributed by atoms with Gasteiger partial charge in [-0.2, -0.15) is 0 Å². The number of hydrazine groups is 1. The summed E-state index contributed by atoms with van der Waals surface area (Å²) in [7, 11) is 3.84. The summed E-state index contributed by atoms with van der Waals surface area (Å²) in [6.07, 6.45) is 10.4. The molecule has 1 heterocycles. The first kappa shape index (κ1) is 13.6. The molecule has 0 N–H and O–H groups in total. The molecule has 0 spiro atoms. The van der Waals surface area contributed by atoms with Crippen LogP contribution < -0.4 is 0 Å². The molecule has 71 valence electrons. The monoisotopic (exact) mass is 262 g/mol. The maximum atomic E-state index is 5.35. The molecule has 0 unspecified atom stereocenters. The van der Waals surface area contributed by atoms with E-state index in [0.29, 0.717) is 0 Å². The molecule has 0 amide bonds. The molecule has 0 atom stereocenters. The largest absolute Gasteiger partial charge is 0.389 e. The average molecular weight is 262 g/mol. The first-order valence-corrected chi connectivity index (χ1v) is 4.01. The van der Waals surface area contributed by atoms with Crippen molar-refractivity contribution in [2.45, 2.75) is 6.92 Å². The molecule has 0 aliphatic carbocycles. The number of allylic oxidation sites excluding steroid dienone is 3. The Balaban J connectivity index is 0.00000169. The number of terminal acetylenes is 1. The molecule has 14 heavy (non-hydrogen) atoms. The second-order valence-corrected chi connectivity index (χ2v) is 3.10. The van der Waals surface area contributed by atoms with E-state index >= 15 is 0 Å².